The maximum atomic E-state index is 11.3. The monoisotopic (exact) mass is 298 g/mol. The zero-order valence-electron chi connectivity index (χ0n) is 12.8. The second-order valence-corrected chi connectivity index (χ2v) is 4.97. The van der Waals surface area contributed by atoms with E-state index in [2.05, 4.69) is 5.92 Å². The summed E-state index contributed by atoms with van der Waals surface area (Å²) in [5.74, 6) is 1.23. The van der Waals surface area contributed by atoms with Crippen LogP contribution in [-0.4, -0.2) is 43.1 Å². The molecule has 0 bridgehead atoms. The molecular weight excluding hydrogens is 276 g/mol. The first-order valence-electron chi connectivity index (χ1n) is 6.95. The summed E-state index contributed by atoms with van der Waals surface area (Å²) in [7, 11) is 0. The highest BCUT2D eigenvalue weighted by Crippen LogP contribution is 2.32. The van der Waals surface area contributed by atoms with Crippen molar-refractivity contribution in [3.63, 3.8) is 0 Å². The Labute approximate surface area is 125 Å². The average Bonchev–Trinajstić information content (AvgIpc) is 2.41. The summed E-state index contributed by atoms with van der Waals surface area (Å²) in [6, 6.07) is 0. The number of terminal acetylenes is 1. The fourth-order valence-electron chi connectivity index (χ4n) is 2.42. The lowest BCUT2D eigenvalue weighted by Gasteiger charge is -2.43. The lowest BCUT2D eigenvalue weighted by atomic mass is 9.89. The van der Waals surface area contributed by atoms with Crippen LogP contribution >= 0.6 is 0 Å². The first-order chi connectivity index (χ1) is 9.90. The molecule has 6 nitrogen and oxygen atoms in total. The zero-order chi connectivity index (χ0) is 16.0. The van der Waals surface area contributed by atoms with Gasteiger partial charge in [0.25, 0.3) is 0 Å². The van der Waals surface area contributed by atoms with Gasteiger partial charge in [0, 0.05) is 19.8 Å². The molecule has 21 heavy (non-hydrogen) atoms. The molecular formula is C15H22O6. The minimum atomic E-state index is -0.767. The summed E-state index contributed by atoms with van der Waals surface area (Å²) in [6.07, 6.45) is 3.53. The molecule has 0 saturated carbocycles. The van der Waals surface area contributed by atoms with E-state index in [-0.39, 0.29) is 18.6 Å². The van der Waals surface area contributed by atoms with Gasteiger partial charge in [0.05, 0.1) is 6.10 Å². The van der Waals surface area contributed by atoms with Gasteiger partial charge in [-0.1, -0.05) is 19.8 Å². The number of ether oxygens (including phenoxy) is 4. The Kier molecular flexibility index (Phi) is 6.66. The summed E-state index contributed by atoms with van der Waals surface area (Å²) in [5.41, 5.74) is 0. The minimum Gasteiger partial charge on any atom is -0.459 e. The van der Waals surface area contributed by atoms with Crippen molar-refractivity contribution in [2.75, 3.05) is 6.61 Å². The number of carbonyl (C=O) groups is 2. The van der Waals surface area contributed by atoms with Crippen molar-refractivity contribution >= 4 is 11.9 Å². The molecule has 5 atom stereocenters. The molecule has 1 fully saturated rings. The lowest BCUT2D eigenvalue weighted by molar-refractivity contribution is -0.286. The molecule has 0 aliphatic carbocycles. The summed E-state index contributed by atoms with van der Waals surface area (Å²) in [4.78, 5) is 22.5. The third kappa shape index (κ3) is 4.73. The van der Waals surface area contributed by atoms with Crippen LogP contribution in [0.4, 0.5) is 0 Å². The molecule has 118 valence electrons. The van der Waals surface area contributed by atoms with Crippen LogP contribution in [0.15, 0.2) is 0 Å². The SMILES string of the molecule is C#CCO[C@@H]1O[C@H](CC)[C@@H](OC(C)=O)[C@H](C)[C@@H]1OC(C)=O. The Balaban J connectivity index is 2.94. The molecule has 1 rings (SSSR count). The predicted octanol–water partition coefficient (Wildman–Crippen LogP) is 1.27. The lowest BCUT2D eigenvalue weighted by Crippen LogP contribution is -2.56. The Morgan fingerprint density at radius 3 is 2.24 bits per heavy atom. The van der Waals surface area contributed by atoms with Crippen LogP contribution in [0, 0.1) is 18.3 Å². The summed E-state index contributed by atoms with van der Waals surface area (Å²) in [6.45, 7) is 6.43. The highest BCUT2D eigenvalue weighted by atomic mass is 16.7. The van der Waals surface area contributed by atoms with Gasteiger partial charge in [-0.3, -0.25) is 9.59 Å². The van der Waals surface area contributed by atoms with E-state index in [4.69, 9.17) is 25.4 Å². The van der Waals surface area contributed by atoms with Gasteiger partial charge in [0.1, 0.15) is 12.7 Å². The molecule has 0 aromatic rings. The molecule has 0 aromatic carbocycles. The summed E-state index contributed by atoms with van der Waals surface area (Å²) >= 11 is 0. The molecule has 0 radical (unpaired) electrons. The van der Waals surface area contributed by atoms with Gasteiger partial charge < -0.3 is 18.9 Å². The minimum absolute atomic E-state index is 0.0455. The van der Waals surface area contributed by atoms with Crippen molar-refractivity contribution in [1.29, 1.82) is 0 Å². The smallest absolute Gasteiger partial charge is 0.303 e. The Bertz CT molecular complexity index is 413. The first kappa shape index (κ1) is 17.5. The predicted molar refractivity (Wildman–Crippen MR) is 74.0 cm³/mol. The van der Waals surface area contributed by atoms with Crippen molar-refractivity contribution < 1.29 is 28.5 Å². The summed E-state index contributed by atoms with van der Waals surface area (Å²) < 4.78 is 21.8. The molecule has 1 aliphatic rings. The van der Waals surface area contributed by atoms with E-state index in [1.54, 1.807) is 0 Å². The third-order valence-corrected chi connectivity index (χ3v) is 3.32. The fourth-order valence-corrected chi connectivity index (χ4v) is 2.42. The fraction of sp³-hybridized carbons (Fsp3) is 0.733. The Morgan fingerprint density at radius 2 is 1.76 bits per heavy atom. The quantitative estimate of drug-likeness (QED) is 0.562. The first-order valence-corrected chi connectivity index (χ1v) is 6.95. The molecule has 0 spiro atoms. The van der Waals surface area contributed by atoms with Crippen molar-refractivity contribution in [3.8, 4) is 12.3 Å². The van der Waals surface area contributed by atoms with Crippen LogP contribution in [0.1, 0.15) is 34.1 Å². The second kappa shape index (κ2) is 8.01. The van der Waals surface area contributed by atoms with Gasteiger partial charge in [-0.05, 0) is 6.42 Å². The maximum Gasteiger partial charge on any atom is 0.303 e. The second-order valence-electron chi connectivity index (χ2n) is 4.97. The molecule has 1 aliphatic heterocycles. The van der Waals surface area contributed by atoms with Gasteiger partial charge in [0.2, 0.25) is 0 Å². The van der Waals surface area contributed by atoms with E-state index in [1.165, 1.54) is 13.8 Å². The van der Waals surface area contributed by atoms with Crippen LogP contribution in [0.3, 0.4) is 0 Å². The van der Waals surface area contributed by atoms with E-state index in [1.807, 2.05) is 13.8 Å². The molecule has 0 N–H and O–H groups in total. The Hall–Kier alpha value is -1.58. The van der Waals surface area contributed by atoms with E-state index in [0.29, 0.717) is 6.42 Å². The number of esters is 2. The van der Waals surface area contributed by atoms with Crippen LogP contribution in [0.2, 0.25) is 0 Å². The number of hydrogen-bond donors (Lipinski definition) is 0. The van der Waals surface area contributed by atoms with Crippen LogP contribution in [0.25, 0.3) is 0 Å². The molecule has 0 amide bonds. The van der Waals surface area contributed by atoms with Gasteiger partial charge in [-0.2, -0.15) is 0 Å². The van der Waals surface area contributed by atoms with Gasteiger partial charge >= 0.3 is 11.9 Å². The van der Waals surface area contributed by atoms with Gasteiger partial charge in [0.15, 0.2) is 12.4 Å². The normalized spacial score (nSPS) is 32.0. The highest BCUT2D eigenvalue weighted by molar-refractivity contribution is 5.67. The highest BCUT2D eigenvalue weighted by Gasteiger charge is 2.47. The van der Waals surface area contributed by atoms with Crippen molar-refractivity contribution in [2.24, 2.45) is 5.92 Å². The number of rotatable bonds is 5. The van der Waals surface area contributed by atoms with E-state index in [0.717, 1.165) is 0 Å². The largest absolute Gasteiger partial charge is 0.459 e. The van der Waals surface area contributed by atoms with Gasteiger partial charge in [-0.25, -0.2) is 0 Å². The van der Waals surface area contributed by atoms with Crippen LogP contribution < -0.4 is 0 Å². The maximum absolute atomic E-state index is 11.3. The molecule has 0 unspecified atom stereocenters. The summed E-state index contributed by atoms with van der Waals surface area (Å²) in [5, 5.41) is 0. The topological polar surface area (TPSA) is 71.1 Å². The van der Waals surface area contributed by atoms with Gasteiger partial charge in [-0.15, -0.1) is 6.42 Å². The van der Waals surface area contributed by atoms with Crippen LogP contribution in [0.5, 0.6) is 0 Å². The molecule has 1 heterocycles. The van der Waals surface area contributed by atoms with E-state index < -0.39 is 30.4 Å². The van der Waals surface area contributed by atoms with E-state index in [9.17, 15) is 9.59 Å². The number of carbonyl (C=O) groups excluding carboxylic acids is 2. The van der Waals surface area contributed by atoms with Crippen molar-refractivity contribution in [1.82, 2.24) is 0 Å². The van der Waals surface area contributed by atoms with Crippen molar-refractivity contribution in [3.05, 3.63) is 0 Å². The molecule has 1 saturated heterocycles. The van der Waals surface area contributed by atoms with E-state index >= 15 is 0 Å². The Morgan fingerprint density at radius 1 is 1.19 bits per heavy atom. The van der Waals surface area contributed by atoms with Crippen LogP contribution in [-0.2, 0) is 28.5 Å². The molecule has 6 heteroatoms. The van der Waals surface area contributed by atoms with Crippen molar-refractivity contribution in [2.45, 2.75) is 58.7 Å². The molecule has 0 aromatic heterocycles. The standard InChI is InChI=1S/C15H22O6/c1-6-8-18-15-14(20-11(5)17)9(3)13(19-10(4)16)12(7-2)21-15/h1,9,12-15H,7-8H2,2-5H3/t9-,12+,13-,14-,15+/m0/s1. The zero-order valence-corrected chi connectivity index (χ0v) is 12.8. The number of hydrogen-bond acceptors (Lipinski definition) is 6. The average molecular weight is 298 g/mol. The third-order valence-electron chi connectivity index (χ3n) is 3.32.